The lowest BCUT2D eigenvalue weighted by Crippen LogP contribution is -2.30. The fourth-order valence-corrected chi connectivity index (χ4v) is 2.13. The molecule has 0 aliphatic carbocycles. The maximum atomic E-state index is 12.5. The van der Waals surface area contributed by atoms with Gasteiger partial charge in [0, 0.05) is 22.9 Å². The second-order valence-electron chi connectivity index (χ2n) is 4.31. The van der Waals surface area contributed by atoms with Crippen molar-refractivity contribution in [1.29, 1.82) is 0 Å². The zero-order chi connectivity index (χ0) is 14.7. The first-order chi connectivity index (χ1) is 9.52. The molecule has 0 radical (unpaired) electrons. The van der Waals surface area contributed by atoms with Crippen LogP contribution in [0.1, 0.15) is 17.3 Å². The smallest absolute Gasteiger partial charge is 0.262 e. The molecule has 0 aromatic heterocycles. The summed E-state index contributed by atoms with van der Waals surface area (Å²) in [6.07, 6.45) is 0. The molecule has 0 bridgehead atoms. The van der Waals surface area contributed by atoms with Crippen LogP contribution in [-0.2, 0) is 0 Å². The normalized spacial score (nSPS) is 10.3. The number of carbonyl (C=O) groups excluding carboxylic acids is 1. The average Bonchev–Trinajstić information content (AvgIpc) is 2.42. The summed E-state index contributed by atoms with van der Waals surface area (Å²) in [7, 11) is 0. The molecule has 0 spiro atoms. The summed E-state index contributed by atoms with van der Waals surface area (Å²) >= 11 is 5.88. The summed E-state index contributed by atoms with van der Waals surface area (Å²) in [5.74, 6) is -0.417. The average molecular weight is 291 g/mol. The second kappa shape index (κ2) is 5.84. The van der Waals surface area contributed by atoms with Crippen LogP contribution in [0.2, 0.25) is 5.02 Å². The van der Waals surface area contributed by atoms with Crippen molar-refractivity contribution in [2.45, 2.75) is 6.92 Å². The van der Waals surface area contributed by atoms with Crippen LogP contribution in [-0.4, -0.2) is 17.6 Å². The van der Waals surface area contributed by atoms with Gasteiger partial charge in [0.25, 0.3) is 5.91 Å². The van der Waals surface area contributed by atoms with Crippen LogP contribution in [0.25, 0.3) is 0 Å². The van der Waals surface area contributed by atoms with Gasteiger partial charge in [-0.3, -0.25) is 4.79 Å². The first kappa shape index (κ1) is 14.2. The summed E-state index contributed by atoms with van der Waals surface area (Å²) in [5.41, 5.74) is 7.15. The number of rotatable bonds is 3. The van der Waals surface area contributed by atoms with Crippen LogP contribution in [0.4, 0.5) is 11.4 Å². The minimum atomic E-state index is -0.321. The van der Waals surface area contributed by atoms with E-state index in [-0.39, 0.29) is 17.2 Å². The standard InChI is InChI=1S/C15H15ClN2O2/c1-2-18(12-5-3-4-11(17)9-12)15(20)13-8-10(16)6-7-14(13)19/h3-9,19H,2,17H2,1H3. The molecule has 20 heavy (non-hydrogen) atoms. The number of nitrogens with two attached hydrogens (primary N) is 1. The highest BCUT2D eigenvalue weighted by Crippen LogP contribution is 2.26. The fourth-order valence-electron chi connectivity index (χ4n) is 1.96. The van der Waals surface area contributed by atoms with Gasteiger partial charge in [-0.2, -0.15) is 0 Å². The van der Waals surface area contributed by atoms with Gasteiger partial charge in [0.05, 0.1) is 5.56 Å². The van der Waals surface area contributed by atoms with Crippen LogP contribution >= 0.6 is 11.6 Å². The minimum absolute atomic E-state index is 0.0956. The number of phenolic OH excluding ortho intramolecular Hbond substituents is 1. The van der Waals surface area contributed by atoms with Crippen LogP contribution in [0, 0.1) is 0 Å². The number of nitrogen functional groups attached to an aromatic ring is 1. The van der Waals surface area contributed by atoms with E-state index in [2.05, 4.69) is 0 Å². The number of hydrogen-bond donors (Lipinski definition) is 2. The third kappa shape index (κ3) is 2.86. The number of carbonyl (C=O) groups is 1. The fraction of sp³-hybridized carbons (Fsp3) is 0.133. The van der Waals surface area contributed by atoms with E-state index in [0.29, 0.717) is 22.9 Å². The van der Waals surface area contributed by atoms with Gasteiger partial charge in [0.1, 0.15) is 5.75 Å². The number of anilines is 2. The van der Waals surface area contributed by atoms with E-state index in [4.69, 9.17) is 17.3 Å². The molecule has 104 valence electrons. The molecular formula is C15H15ClN2O2. The van der Waals surface area contributed by atoms with E-state index in [9.17, 15) is 9.90 Å². The number of phenols is 1. The lowest BCUT2D eigenvalue weighted by Gasteiger charge is -2.22. The topological polar surface area (TPSA) is 66.6 Å². The molecule has 0 aliphatic rings. The van der Waals surface area contributed by atoms with E-state index in [1.54, 1.807) is 24.3 Å². The molecular weight excluding hydrogens is 276 g/mol. The van der Waals surface area contributed by atoms with Crippen molar-refractivity contribution >= 4 is 28.9 Å². The Kier molecular flexibility index (Phi) is 4.15. The predicted octanol–water partition coefficient (Wildman–Crippen LogP) is 3.29. The van der Waals surface area contributed by atoms with Gasteiger partial charge in [-0.25, -0.2) is 0 Å². The molecule has 0 fully saturated rings. The maximum Gasteiger partial charge on any atom is 0.262 e. The van der Waals surface area contributed by atoms with E-state index >= 15 is 0 Å². The Morgan fingerprint density at radius 1 is 1.30 bits per heavy atom. The molecule has 0 aliphatic heterocycles. The lowest BCUT2D eigenvalue weighted by molar-refractivity contribution is 0.0986. The zero-order valence-corrected chi connectivity index (χ0v) is 11.8. The van der Waals surface area contributed by atoms with E-state index in [1.807, 2.05) is 6.92 Å². The first-order valence-electron chi connectivity index (χ1n) is 6.19. The Bertz CT molecular complexity index is 644. The Balaban J connectivity index is 2.41. The van der Waals surface area contributed by atoms with Gasteiger partial charge >= 0.3 is 0 Å². The van der Waals surface area contributed by atoms with Crippen molar-refractivity contribution < 1.29 is 9.90 Å². The first-order valence-corrected chi connectivity index (χ1v) is 6.56. The molecule has 5 heteroatoms. The van der Waals surface area contributed by atoms with Crippen molar-refractivity contribution in [1.82, 2.24) is 0 Å². The van der Waals surface area contributed by atoms with Crippen LogP contribution in [0.15, 0.2) is 42.5 Å². The van der Waals surface area contributed by atoms with Gasteiger partial charge in [0.2, 0.25) is 0 Å². The largest absolute Gasteiger partial charge is 0.507 e. The summed E-state index contributed by atoms with van der Waals surface area (Å²) < 4.78 is 0. The summed E-state index contributed by atoms with van der Waals surface area (Å²) in [6, 6.07) is 11.4. The molecule has 0 heterocycles. The molecule has 0 unspecified atom stereocenters. The van der Waals surface area contributed by atoms with Crippen LogP contribution < -0.4 is 10.6 Å². The zero-order valence-electron chi connectivity index (χ0n) is 11.0. The minimum Gasteiger partial charge on any atom is -0.507 e. The van der Waals surface area contributed by atoms with E-state index in [0.717, 1.165) is 0 Å². The molecule has 3 N–H and O–H groups in total. The van der Waals surface area contributed by atoms with Gasteiger partial charge in [-0.05, 0) is 43.3 Å². The lowest BCUT2D eigenvalue weighted by atomic mass is 10.1. The van der Waals surface area contributed by atoms with Crippen molar-refractivity contribution in [3.05, 3.63) is 53.1 Å². The van der Waals surface area contributed by atoms with E-state index < -0.39 is 0 Å². The highest BCUT2D eigenvalue weighted by molar-refractivity contribution is 6.31. The number of aromatic hydroxyl groups is 1. The van der Waals surface area contributed by atoms with Crippen molar-refractivity contribution in [3.63, 3.8) is 0 Å². The van der Waals surface area contributed by atoms with Crippen LogP contribution in [0.3, 0.4) is 0 Å². The SMILES string of the molecule is CCN(C(=O)c1cc(Cl)ccc1O)c1cccc(N)c1. The van der Waals surface area contributed by atoms with E-state index in [1.165, 1.54) is 23.1 Å². The second-order valence-corrected chi connectivity index (χ2v) is 4.74. The van der Waals surface area contributed by atoms with Crippen molar-refractivity contribution in [2.24, 2.45) is 0 Å². The maximum absolute atomic E-state index is 12.5. The molecule has 0 saturated carbocycles. The molecule has 2 aromatic rings. The predicted molar refractivity (Wildman–Crippen MR) is 81.3 cm³/mol. The highest BCUT2D eigenvalue weighted by atomic mass is 35.5. The molecule has 1 amide bonds. The van der Waals surface area contributed by atoms with Crippen molar-refractivity contribution in [2.75, 3.05) is 17.2 Å². The Morgan fingerprint density at radius 2 is 2.05 bits per heavy atom. The number of nitrogens with zero attached hydrogens (tertiary/aromatic N) is 1. The molecule has 4 nitrogen and oxygen atoms in total. The van der Waals surface area contributed by atoms with Gasteiger partial charge in [-0.1, -0.05) is 17.7 Å². The summed E-state index contributed by atoms with van der Waals surface area (Å²) in [5, 5.41) is 10.2. The molecule has 2 rings (SSSR count). The number of benzene rings is 2. The van der Waals surface area contributed by atoms with Crippen LogP contribution in [0.5, 0.6) is 5.75 Å². The Labute approximate surface area is 122 Å². The molecule has 0 atom stereocenters. The molecule has 0 saturated heterocycles. The third-order valence-electron chi connectivity index (χ3n) is 2.93. The Hall–Kier alpha value is -2.20. The monoisotopic (exact) mass is 290 g/mol. The Morgan fingerprint density at radius 3 is 2.70 bits per heavy atom. The third-order valence-corrected chi connectivity index (χ3v) is 3.17. The summed E-state index contributed by atoms with van der Waals surface area (Å²) in [4.78, 5) is 14.1. The number of hydrogen-bond acceptors (Lipinski definition) is 3. The summed E-state index contributed by atoms with van der Waals surface area (Å²) in [6.45, 7) is 2.30. The number of halogens is 1. The number of amides is 1. The van der Waals surface area contributed by atoms with Gasteiger partial charge in [0.15, 0.2) is 0 Å². The quantitative estimate of drug-likeness (QED) is 0.852. The van der Waals surface area contributed by atoms with Gasteiger partial charge < -0.3 is 15.7 Å². The highest BCUT2D eigenvalue weighted by Gasteiger charge is 2.19. The van der Waals surface area contributed by atoms with Gasteiger partial charge in [-0.15, -0.1) is 0 Å². The van der Waals surface area contributed by atoms with Crippen molar-refractivity contribution in [3.8, 4) is 5.75 Å². The molecule has 2 aromatic carbocycles.